The maximum atomic E-state index is 6.14. The van der Waals surface area contributed by atoms with Crippen LogP contribution in [0.25, 0.3) is 0 Å². The minimum Gasteiger partial charge on any atom is -0.305 e. The highest BCUT2D eigenvalue weighted by Gasteiger charge is 2.20. The Morgan fingerprint density at radius 3 is 2.63 bits per heavy atom. The van der Waals surface area contributed by atoms with Crippen LogP contribution >= 0.6 is 43.5 Å². The van der Waals surface area contributed by atoms with E-state index >= 15 is 0 Å². The smallest absolute Gasteiger partial charge is 0.0760 e. The molecule has 1 atom stereocenters. The predicted molar refractivity (Wildman–Crippen MR) is 85.6 cm³/mol. The highest BCUT2D eigenvalue weighted by atomic mass is 79.9. The van der Waals surface area contributed by atoms with Gasteiger partial charge in [-0.25, -0.2) is 0 Å². The molecular formula is C13H14Br2ClN3. The quantitative estimate of drug-likeness (QED) is 0.819. The van der Waals surface area contributed by atoms with Crippen molar-refractivity contribution in [2.24, 2.45) is 7.05 Å². The average molecular weight is 408 g/mol. The van der Waals surface area contributed by atoms with Gasteiger partial charge in [-0.05, 0) is 46.2 Å². The standard InChI is InChI=1S/C13H14Br2ClN3/c1-3-17-12(13-11(15)7-18-19(13)2)8-4-9(14)6-10(16)5-8/h4-7,12,17H,3H2,1-2H3. The first kappa shape index (κ1) is 15.0. The molecule has 0 amide bonds. The molecule has 0 aliphatic carbocycles. The van der Waals surface area contributed by atoms with Crippen LogP contribution in [0.4, 0.5) is 0 Å². The van der Waals surface area contributed by atoms with Crippen LogP contribution < -0.4 is 5.32 Å². The van der Waals surface area contributed by atoms with E-state index in [1.54, 1.807) is 6.20 Å². The number of nitrogens with zero attached hydrogens (tertiary/aromatic N) is 2. The Kier molecular flexibility index (Phi) is 5.06. The van der Waals surface area contributed by atoms with Crippen LogP contribution in [0.2, 0.25) is 5.02 Å². The van der Waals surface area contributed by atoms with Crippen LogP contribution in [0.1, 0.15) is 24.2 Å². The van der Waals surface area contributed by atoms with Gasteiger partial charge in [0.25, 0.3) is 0 Å². The van der Waals surface area contributed by atoms with Crippen molar-refractivity contribution in [3.63, 3.8) is 0 Å². The van der Waals surface area contributed by atoms with Crippen LogP contribution in [0, 0.1) is 0 Å². The minimum atomic E-state index is 0.0434. The van der Waals surface area contributed by atoms with E-state index < -0.39 is 0 Å². The normalized spacial score (nSPS) is 12.7. The maximum Gasteiger partial charge on any atom is 0.0760 e. The molecule has 2 rings (SSSR count). The third kappa shape index (κ3) is 3.40. The predicted octanol–water partition coefficient (Wildman–Crippen LogP) is 4.30. The van der Waals surface area contributed by atoms with Gasteiger partial charge in [0, 0.05) is 16.5 Å². The molecular weight excluding hydrogens is 393 g/mol. The van der Waals surface area contributed by atoms with Gasteiger partial charge in [0.15, 0.2) is 0 Å². The van der Waals surface area contributed by atoms with Gasteiger partial charge >= 0.3 is 0 Å². The van der Waals surface area contributed by atoms with E-state index in [9.17, 15) is 0 Å². The Balaban J connectivity index is 2.51. The lowest BCUT2D eigenvalue weighted by atomic mass is 10.0. The topological polar surface area (TPSA) is 29.9 Å². The zero-order valence-electron chi connectivity index (χ0n) is 10.6. The van der Waals surface area contributed by atoms with Gasteiger partial charge < -0.3 is 5.32 Å². The second-order valence-electron chi connectivity index (χ2n) is 4.19. The fourth-order valence-corrected chi connectivity index (χ4v) is 3.53. The summed E-state index contributed by atoms with van der Waals surface area (Å²) in [5.74, 6) is 0. The number of hydrogen-bond acceptors (Lipinski definition) is 2. The summed E-state index contributed by atoms with van der Waals surface area (Å²) in [6.45, 7) is 2.93. The van der Waals surface area contributed by atoms with Crippen molar-refractivity contribution < 1.29 is 0 Å². The molecule has 3 nitrogen and oxygen atoms in total. The molecule has 1 aromatic carbocycles. The summed E-state index contributed by atoms with van der Waals surface area (Å²) in [5.41, 5.74) is 2.18. The van der Waals surface area contributed by atoms with Gasteiger partial charge in [-0.3, -0.25) is 4.68 Å². The van der Waals surface area contributed by atoms with E-state index in [0.717, 1.165) is 26.7 Å². The second kappa shape index (κ2) is 6.39. The van der Waals surface area contributed by atoms with Gasteiger partial charge in [-0.1, -0.05) is 34.5 Å². The van der Waals surface area contributed by atoms with E-state index in [1.807, 2.05) is 23.9 Å². The van der Waals surface area contributed by atoms with Gasteiger partial charge in [-0.15, -0.1) is 0 Å². The molecule has 0 saturated heterocycles. The Hall–Kier alpha value is -0.360. The van der Waals surface area contributed by atoms with E-state index in [2.05, 4.69) is 55.3 Å². The lowest BCUT2D eigenvalue weighted by molar-refractivity contribution is 0.570. The fourth-order valence-electron chi connectivity index (χ4n) is 2.06. The van der Waals surface area contributed by atoms with Crippen molar-refractivity contribution in [2.45, 2.75) is 13.0 Å². The number of rotatable bonds is 4. The molecule has 0 aliphatic heterocycles. The Bertz CT molecular complexity index is 544. The van der Waals surface area contributed by atoms with E-state index in [1.165, 1.54) is 0 Å². The van der Waals surface area contributed by atoms with Gasteiger partial charge in [-0.2, -0.15) is 5.10 Å². The number of aryl methyl sites for hydroxylation is 1. The van der Waals surface area contributed by atoms with E-state index in [-0.39, 0.29) is 6.04 Å². The second-order valence-corrected chi connectivity index (χ2v) is 6.40. The summed E-state index contributed by atoms with van der Waals surface area (Å²) in [4.78, 5) is 0. The number of benzene rings is 1. The first-order valence-corrected chi connectivity index (χ1v) is 7.86. The molecule has 0 radical (unpaired) electrons. The average Bonchev–Trinajstić information content (AvgIpc) is 2.65. The molecule has 1 aromatic heterocycles. The highest BCUT2D eigenvalue weighted by Crippen LogP contribution is 2.31. The van der Waals surface area contributed by atoms with Crippen molar-refractivity contribution in [3.05, 3.63) is 49.6 Å². The van der Waals surface area contributed by atoms with Crippen molar-refractivity contribution in [3.8, 4) is 0 Å². The lowest BCUT2D eigenvalue weighted by Crippen LogP contribution is -2.24. The molecule has 19 heavy (non-hydrogen) atoms. The zero-order valence-corrected chi connectivity index (χ0v) is 14.6. The van der Waals surface area contributed by atoms with Crippen LogP contribution in [0.15, 0.2) is 33.3 Å². The van der Waals surface area contributed by atoms with Crippen molar-refractivity contribution >= 4 is 43.5 Å². The first-order chi connectivity index (χ1) is 9.02. The summed E-state index contributed by atoms with van der Waals surface area (Å²) >= 11 is 13.2. The summed E-state index contributed by atoms with van der Waals surface area (Å²) < 4.78 is 3.82. The van der Waals surface area contributed by atoms with Crippen molar-refractivity contribution in [2.75, 3.05) is 6.54 Å². The Labute approximate surface area is 134 Å². The van der Waals surface area contributed by atoms with Crippen LogP contribution in [0.3, 0.4) is 0 Å². The zero-order chi connectivity index (χ0) is 14.0. The molecule has 0 spiro atoms. The first-order valence-electron chi connectivity index (χ1n) is 5.89. The summed E-state index contributed by atoms with van der Waals surface area (Å²) in [5, 5.41) is 8.46. The lowest BCUT2D eigenvalue weighted by Gasteiger charge is -2.20. The van der Waals surface area contributed by atoms with E-state index in [4.69, 9.17) is 11.6 Å². The Morgan fingerprint density at radius 1 is 1.37 bits per heavy atom. The molecule has 0 fully saturated rings. The van der Waals surface area contributed by atoms with Crippen molar-refractivity contribution in [1.29, 1.82) is 0 Å². The Morgan fingerprint density at radius 2 is 2.11 bits per heavy atom. The molecule has 2 aromatic rings. The minimum absolute atomic E-state index is 0.0434. The molecule has 1 unspecified atom stereocenters. The van der Waals surface area contributed by atoms with Crippen LogP contribution in [0.5, 0.6) is 0 Å². The maximum absolute atomic E-state index is 6.14. The van der Waals surface area contributed by atoms with Crippen LogP contribution in [-0.2, 0) is 7.05 Å². The molecule has 0 saturated carbocycles. The number of hydrogen-bond donors (Lipinski definition) is 1. The third-order valence-corrected chi connectivity index (χ3v) is 4.12. The van der Waals surface area contributed by atoms with E-state index in [0.29, 0.717) is 5.02 Å². The summed E-state index contributed by atoms with van der Waals surface area (Å²) in [6.07, 6.45) is 1.80. The van der Waals surface area contributed by atoms with Gasteiger partial charge in [0.2, 0.25) is 0 Å². The molecule has 0 aliphatic rings. The SMILES string of the molecule is CCNC(c1cc(Cl)cc(Br)c1)c1c(Br)cnn1C. The van der Waals surface area contributed by atoms with Crippen LogP contribution in [-0.4, -0.2) is 16.3 Å². The molecule has 102 valence electrons. The monoisotopic (exact) mass is 405 g/mol. The fraction of sp³-hybridized carbons (Fsp3) is 0.308. The largest absolute Gasteiger partial charge is 0.305 e. The third-order valence-electron chi connectivity index (χ3n) is 2.84. The molecule has 0 bridgehead atoms. The molecule has 1 heterocycles. The number of aromatic nitrogens is 2. The number of halogens is 3. The van der Waals surface area contributed by atoms with Gasteiger partial charge in [0.05, 0.1) is 22.4 Å². The summed E-state index contributed by atoms with van der Waals surface area (Å²) in [6, 6.07) is 5.96. The summed E-state index contributed by atoms with van der Waals surface area (Å²) in [7, 11) is 1.93. The van der Waals surface area contributed by atoms with Gasteiger partial charge in [0.1, 0.15) is 0 Å². The highest BCUT2D eigenvalue weighted by molar-refractivity contribution is 9.10. The molecule has 1 N–H and O–H groups in total. The van der Waals surface area contributed by atoms with Crippen molar-refractivity contribution in [1.82, 2.24) is 15.1 Å². The number of nitrogens with one attached hydrogen (secondary N) is 1. The molecule has 6 heteroatoms.